The molecule has 110 valence electrons. The summed E-state index contributed by atoms with van der Waals surface area (Å²) in [6.45, 7) is 5.92. The average Bonchev–Trinajstić information content (AvgIpc) is 2.38. The number of amides is 1. The molecule has 0 saturated heterocycles. The standard InChI is InChI=1S/C15H21NO4/c1-15(2,3)20-12-7-5-11(6-8-12)9-13(16-10-17)14(18)19-4/h5-8,10,13H,9H2,1-4H3,(H,16,17). The first-order chi connectivity index (χ1) is 9.35. The van der Waals surface area contributed by atoms with Crippen LogP contribution in [0, 0.1) is 0 Å². The Kier molecular flexibility index (Phi) is 5.55. The van der Waals surface area contributed by atoms with Gasteiger partial charge in [-0.25, -0.2) is 4.79 Å². The molecule has 0 heterocycles. The molecule has 0 aromatic heterocycles. The summed E-state index contributed by atoms with van der Waals surface area (Å²) in [7, 11) is 1.29. The molecule has 0 fully saturated rings. The molecular weight excluding hydrogens is 258 g/mol. The van der Waals surface area contributed by atoms with Crippen molar-refractivity contribution in [1.29, 1.82) is 0 Å². The third kappa shape index (κ3) is 5.30. The third-order valence-corrected chi connectivity index (χ3v) is 2.54. The highest BCUT2D eigenvalue weighted by atomic mass is 16.5. The van der Waals surface area contributed by atoms with Gasteiger partial charge in [0.15, 0.2) is 0 Å². The van der Waals surface area contributed by atoms with E-state index in [1.165, 1.54) is 7.11 Å². The fourth-order valence-electron chi connectivity index (χ4n) is 1.72. The van der Waals surface area contributed by atoms with Crippen LogP contribution in [0.2, 0.25) is 0 Å². The van der Waals surface area contributed by atoms with E-state index in [1.54, 1.807) is 0 Å². The van der Waals surface area contributed by atoms with E-state index in [0.717, 1.165) is 11.3 Å². The molecule has 5 nitrogen and oxygen atoms in total. The number of methoxy groups -OCH3 is 1. The molecule has 1 amide bonds. The number of hydrogen-bond acceptors (Lipinski definition) is 4. The zero-order valence-corrected chi connectivity index (χ0v) is 12.3. The van der Waals surface area contributed by atoms with Crippen molar-refractivity contribution < 1.29 is 19.1 Å². The lowest BCUT2D eigenvalue weighted by Crippen LogP contribution is -2.38. The number of ether oxygens (including phenoxy) is 2. The maximum absolute atomic E-state index is 11.5. The summed E-state index contributed by atoms with van der Waals surface area (Å²) in [6, 6.07) is 6.74. The second-order valence-electron chi connectivity index (χ2n) is 5.42. The molecule has 0 aliphatic carbocycles. The van der Waals surface area contributed by atoms with E-state index < -0.39 is 12.0 Å². The number of rotatable bonds is 6. The molecule has 1 aromatic rings. The Bertz CT molecular complexity index is 448. The second kappa shape index (κ2) is 6.93. The van der Waals surface area contributed by atoms with Gasteiger partial charge in [0, 0.05) is 6.42 Å². The lowest BCUT2D eigenvalue weighted by molar-refractivity contribution is -0.144. The Hall–Kier alpha value is -2.04. The van der Waals surface area contributed by atoms with Crippen LogP contribution in [0.1, 0.15) is 26.3 Å². The maximum Gasteiger partial charge on any atom is 0.328 e. The van der Waals surface area contributed by atoms with Crippen molar-refractivity contribution in [3.8, 4) is 5.75 Å². The van der Waals surface area contributed by atoms with Crippen molar-refractivity contribution in [2.45, 2.75) is 38.8 Å². The lowest BCUT2D eigenvalue weighted by Gasteiger charge is -2.21. The smallest absolute Gasteiger partial charge is 0.328 e. The van der Waals surface area contributed by atoms with Gasteiger partial charge in [0.25, 0.3) is 0 Å². The molecule has 1 rings (SSSR count). The highest BCUT2D eigenvalue weighted by Crippen LogP contribution is 2.19. The Balaban J connectivity index is 2.72. The molecule has 0 bridgehead atoms. The fourth-order valence-corrected chi connectivity index (χ4v) is 1.72. The van der Waals surface area contributed by atoms with Gasteiger partial charge in [-0.2, -0.15) is 0 Å². The fraction of sp³-hybridized carbons (Fsp3) is 0.467. The van der Waals surface area contributed by atoms with E-state index in [2.05, 4.69) is 10.1 Å². The van der Waals surface area contributed by atoms with Crippen LogP contribution in [0.3, 0.4) is 0 Å². The van der Waals surface area contributed by atoms with Crippen molar-refractivity contribution in [2.24, 2.45) is 0 Å². The molecule has 0 radical (unpaired) electrons. The van der Waals surface area contributed by atoms with Crippen LogP contribution < -0.4 is 10.1 Å². The highest BCUT2D eigenvalue weighted by Gasteiger charge is 2.18. The van der Waals surface area contributed by atoms with E-state index in [-0.39, 0.29) is 5.60 Å². The van der Waals surface area contributed by atoms with Gasteiger partial charge >= 0.3 is 5.97 Å². The number of hydrogen-bond donors (Lipinski definition) is 1. The molecule has 1 atom stereocenters. The Labute approximate surface area is 119 Å². The minimum Gasteiger partial charge on any atom is -0.488 e. The lowest BCUT2D eigenvalue weighted by atomic mass is 10.1. The largest absolute Gasteiger partial charge is 0.488 e. The summed E-state index contributed by atoms with van der Waals surface area (Å²) in [5, 5.41) is 2.45. The van der Waals surface area contributed by atoms with Crippen LogP contribution >= 0.6 is 0 Å². The van der Waals surface area contributed by atoms with Gasteiger partial charge in [-0.1, -0.05) is 12.1 Å². The summed E-state index contributed by atoms with van der Waals surface area (Å²) in [4.78, 5) is 22.0. The molecule has 5 heteroatoms. The highest BCUT2D eigenvalue weighted by molar-refractivity contribution is 5.78. The first-order valence-electron chi connectivity index (χ1n) is 6.41. The summed E-state index contributed by atoms with van der Waals surface area (Å²) in [5.41, 5.74) is 0.658. The average molecular weight is 279 g/mol. The van der Waals surface area contributed by atoms with Crippen molar-refractivity contribution in [2.75, 3.05) is 7.11 Å². The molecular formula is C15H21NO4. The van der Waals surface area contributed by atoms with Crippen LogP contribution in [0.15, 0.2) is 24.3 Å². The van der Waals surface area contributed by atoms with Gasteiger partial charge in [-0.3, -0.25) is 4.79 Å². The van der Waals surface area contributed by atoms with Crippen molar-refractivity contribution >= 4 is 12.4 Å². The van der Waals surface area contributed by atoms with E-state index >= 15 is 0 Å². The van der Waals surface area contributed by atoms with E-state index in [0.29, 0.717) is 12.8 Å². The predicted molar refractivity (Wildman–Crippen MR) is 75.5 cm³/mol. The SMILES string of the molecule is COC(=O)C(Cc1ccc(OC(C)(C)C)cc1)NC=O. The van der Waals surface area contributed by atoms with Gasteiger partial charge in [-0.15, -0.1) is 0 Å². The third-order valence-electron chi connectivity index (χ3n) is 2.54. The van der Waals surface area contributed by atoms with Gasteiger partial charge < -0.3 is 14.8 Å². The first kappa shape index (κ1) is 16.0. The van der Waals surface area contributed by atoms with Crippen molar-refractivity contribution in [1.82, 2.24) is 5.32 Å². The second-order valence-corrected chi connectivity index (χ2v) is 5.42. The van der Waals surface area contributed by atoms with Crippen molar-refractivity contribution in [3.05, 3.63) is 29.8 Å². The zero-order chi connectivity index (χ0) is 15.2. The molecule has 1 aromatic carbocycles. The first-order valence-corrected chi connectivity index (χ1v) is 6.41. The number of benzene rings is 1. The topological polar surface area (TPSA) is 64.6 Å². The normalized spacial score (nSPS) is 12.4. The Morgan fingerprint density at radius 3 is 2.35 bits per heavy atom. The quantitative estimate of drug-likeness (QED) is 0.636. The van der Waals surface area contributed by atoms with Crippen molar-refractivity contribution in [3.63, 3.8) is 0 Å². The van der Waals surface area contributed by atoms with Gasteiger partial charge in [0.2, 0.25) is 6.41 Å². The molecule has 1 N–H and O–H groups in total. The van der Waals surface area contributed by atoms with Gasteiger partial charge in [0.1, 0.15) is 17.4 Å². The van der Waals surface area contributed by atoms with Crippen LogP contribution in [0.4, 0.5) is 0 Å². The van der Waals surface area contributed by atoms with Gasteiger partial charge in [-0.05, 0) is 38.5 Å². The van der Waals surface area contributed by atoms with Crippen LogP contribution in [-0.4, -0.2) is 31.1 Å². The molecule has 0 aliphatic rings. The van der Waals surface area contributed by atoms with E-state index in [9.17, 15) is 9.59 Å². The number of carbonyl (C=O) groups is 2. The summed E-state index contributed by atoms with van der Waals surface area (Å²) >= 11 is 0. The molecule has 1 unspecified atom stereocenters. The Morgan fingerprint density at radius 2 is 1.90 bits per heavy atom. The zero-order valence-electron chi connectivity index (χ0n) is 12.3. The molecule has 0 aliphatic heterocycles. The molecule has 0 saturated carbocycles. The summed E-state index contributed by atoms with van der Waals surface area (Å²) in [6.07, 6.45) is 0.875. The minimum absolute atomic E-state index is 0.255. The maximum atomic E-state index is 11.5. The van der Waals surface area contributed by atoms with Gasteiger partial charge in [0.05, 0.1) is 7.11 Å². The monoisotopic (exact) mass is 279 g/mol. The molecule has 20 heavy (non-hydrogen) atoms. The van der Waals surface area contributed by atoms with Crippen LogP contribution in [-0.2, 0) is 20.7 Å². The summed E-state index contributed by atoms with van der Waals surface area (Å²) in [5.74, 6) is 0.298. The van der Waals surface area contributed by atoms with Crippen LogP contribution in [0.5, 0.6) is 5.75 Å². The predicted octanol–water partition coefficient (Wildman–Crippen LogP) is 1.69. The number of carbonyl (C=O) groups excluding carboxylic acids is 2. The van der Waals surface area contributed by atoms with E-state index in [1.807, 2.05) is 45.0 Å². The van der Waals surface area contributed by atoms with Crippen LogP contribution in [0.25, 0.3) is 0 Å². The minimum atomic E-state index is -0.674. The Morgan fingerprint density at radius 1 is 1.30 bits per heavy atom. The number of esters is 1. The van der Waals surface area contributed by atoms with E-state index in [4.69, 9.17) is 4.74 Å². The molecule has 0 spiro atoms. The summed E-state index contributed by atoms with van der Waals surface area (Å²) < 4.78 is 10.4. The number of nitrogens with one attached hydrogen (secondary N) is 1.